The van der Waals surface area contributed by atoms with E-state index < -0.39 is 6.04 Å². The van der Waals surface area contributed by atoms with Gasteiger partial charge >= 0.3 is 0 Å². The van der Waals surface area contributed by atoms with Crippen LogP contribution in [-0.4, -0.2) is 31.4 Å². The van der Waals surface area contributed by atoms with Gasteiger partial charge in [-0.1, -0.05) is 39.3 Å². The van der Waals surface area contributed by atoms with Gasteiger partial charge < -0.3 is 15.8 Å². The molecule has 1 amide bonds. The van der Waals surface area contributed by atoms with Gasteiger partial charge in [-0.15, -0.1) is 24.2 Å². The molecule has 0 aromatic heterocycles. The fourth-order valence-electron chi connectivity index (χ4n) is 1.93. The maximum Gasteiger partial charge on any atom is 0.237 e. The number of para-hydroxylation sites is 1. The van der Waals surface area contributed by atoms with E-state index in [1.54, 1.807) is 18.9 Å². The Morgan fingerprint density at radius 1 is 1.35 bits per heavy atom. The summed E-state index contributed by atoms with van der Waals surface area (Å²) in [5.41, 5.74) is 5.93. The average Bonchev–Trinajstić information content (AvgIpc) is 2.56. The van der Waals surface area contributed by atoms with E-state index in [-0.39, 0.29) is 24.2 Å². The minimum Gasteiger partial charge on any atom is -0.496 e. The van der Waals surface area contributed by atoms with Crippen molar-refractivity contribution in [3.63, 3.8) is 0 Å². The van der Waals surface area contributed by atoms with E-state index in [9.17, 15) is 4.79 Å². The molecular formula is C17H29ClN2O2S. The van der Waals surface area contributed by atoms with E-state index in [0.717, 1.165) is 22.8 Å². The van der Waals surface area contributed by atoms with Gasteiger partial charge in [0.25, 0.3) is 0 Å². The molecule has 0 aliphatic heterocycles. The highest BCUT2D eigenvalue weighted by Crippen LogP contribution is 2.29. The summed E-state index contributed by atoms with van der Waals surface area (Å²) in [6, 6.07) is 7.55. The molecule has 0 spiro atoms. The van der Waals surface area contributed by atoms with Crippen molar-refractivity contribution in [3.05, 3.63) is 24.3 Å². The van der Waals surface area contributed by atoms with Crippen molar-refractivity contribution in [2.45, 2.75) is 38.1 Å². The first-order valence-corrected chi connectivity index (χ1v) is 8.77. The molecule has 132 valence electrons. The van der Waals surface area contributed by atoms with Crippen LogP contribution < -0.4 is 15.8 Å². The molecule has 6 heteroatoms. The predicted molar refractivity (Wildman–Crippen MR) is 101 cm³/mol. The molecule has 0 fully saturated rings. The maximum atomic E-state index is 12.0. The van der Waals surface area contributed by atoms with E-state index >= 15 is 0 Å². The number of hydrogen-bond donors (Lipinski definition) is 2. The summed E-state index contributed by atoms with van der Waals surface area (Å²) in [6.07, 6.45) is 0.911. The second-order valence-corrected chi connectivity index (χ2v) is 6.79. The summed E-state index contributed by atoms with van der Waals surface area (Å²) in [5, 5.41) is 2.95. The first-order chi connectivity index (χ1) is 10.5. The van der Waals surface area contributed by atoms with Crippen molar-refractivity contribution in [3.8, 4) is 5.75 Å². The first kappa shape index (κ1) is 22.1. The van der Waals surface area contributed by atoms with Crippen LogP contribution in [-0.2, 0) is 4.79 Å². The van der Waals surface area contributed by atoms with E-state index in [0.29, 0.717) is 12.5 Å². The highest BCUT2D eigenvalue weighted by Gasteiger charge is 2.19. The van der Waals surface area contributed by atoms with Gasteiger partial charge in [-0.3, -0.25) is 4.79 Å². The number of nitrogens with two attached hydrogens (primary N) is 1. The molecule has 0 saturated carbocycles. The van der Waals surface area contributed by atoms with Crippen LogP contribution >= 0.6 is 24.2 Å². The molecule has 0 radical (unpaired) electrons. The molecule has 0 saturated heterocycles. The third-order valence-electron chi connectivity index (χ3n) is 3.78. The Morgan fingerprint density at radius 3 is 2.61 bits per heavy atom. The normalized spacial score (nSPS) is 14.3. The number of thioether (sulfide) groups is 1. The number of carbonyl (C=O) groups excluding carboxylic acids is 1. The quantitative estimate of drug-likeness (QED) is 0.663. The lowest BCUT2D eigenvalue weighted by Crippen LogP contribution is -2.45. The van der Waals surface area contributed by atoms with Crippen LogP contribution in [0, 0.1) is 11.8 Å². The van der Waals surface area contributed by atoms with Gasteiger partial charge in [0, 0.05) is 17.2 Å². The van der Waals surface area contributed by atoms with Crippen LogP contribution in [0.3, 0.4) is 0 Å². The number of halogens is 1. The van der Waals surface area contributed by atoms with E-state index in [1.807, 2.05) is 38.1 Å². The zero-order valence-electron chi connectivity index (χ0n) is 14.4. The molecule has 0 aliphatic rings. The van der Waals surface area contributed by atoms with Gasteiger partial charge in [-0.25, -0.2) is 0 Å². The summed E-state index contributed by atoms with van der Waals surface area (Å²) >= 11 is 1.74. The third kappa shape index (κ3) is 7.46. The molecule has 0 heterocycles. The highest BCUT2D eigenvalue weighted by molar-refractivity contribution is 7.99. The fourth-order valence-corrected chi connectivity index (χ4v) is 2.98. The van der Waals surface area contributed by atoms with Crippen molar-refractivity contribution < 1.29 is 9.53 Å². The summed E-state index contributed by atoms with van der Waals surface area (Å²) in [4.78, 5) is 13.1. The van der Waals surface area contributed by atoms with Crippen LogP contribution in [0.2, 0.25) is 0 Å². The Bertz CT molecular complexity index is 474. The number of rotatable bonds is 9. The minimum atomic E-state index is -0.418. The molecular weight excluding hydrogens is 332 g/mol. The molecule has 23 heavy (non-hydrogen) atoms. The standard InChI is InChI=1S/C17H28N2O2S.ClH/c1-5-13(3)16(18)17(20)19-10-12(2)11-22-15-9-7-6-8-14(15)21-4;/h6-9,12-13,16H,5,10-11,18H2,1-4H3,(H,19,20);1H. The SMILES string of the molecule is CCC(C)C(N)C(=O)NCC(C)CSc1ccccc1OC.Cl. The number of carbonyl (C=O) groups is 1. The summed E-state index contributed by atoms with van der Waals surface area (Å²) < 4.78 is 5.34. The molecule has 1 aromatic rings. The largest absolute Gasteiger partial charge is 0.496 e. The van der Waals surface area contributed by atoms with Crippen LogP contribution in [0.1, 0.15) is 27.2 Å². The molecule has 3 unspecified atom stereocenters. The van der Waals surface area contributed by atoms with Gasteiger partial charge in [0.15, 0.2) is 0 Å². The number of methoxy groups -OCH3 is 1. The van der Waals surface area contributed by atoms with Gasteiger partial charge in [0.1, 0.15) is 5.75 Å². The van der Waals surface area contributed by atoms with Crippen molar-refractivity contribution in [1.29, 1.82) is 0 Å². The average molecular weight is 361 g/mol. The Balaban J connectivity index is 0.00000484. The number of nitrogens with one attached hydrogen (secondary N) is 1. The van der Waals surface area contributed by atoms with Crippen LogP contribution in [0.15, 0.2) is 29.2 Å². The third-order valence-corrected chi connectivity index (χ3v) is 5.16. The Kier molecular flexibility index (Phi) is 11.1. The zero-order valence-corrected chi connectivity index (χ0v) is 16.0. The monoisotopic (exact) mass is 360 g/mol. The first-order valence-electron chi connectivity index (χ1n) is 7.78. The lowest BCUT2D eigenvalue weighted by Gasteiger charge is -2.19. The number of amides is 1. The molecule has 4 nitrogen and oxygen atoms in total. The predicted octanol–water partition coefficient (Wildman–Crippen LogP) is 3.33. The fraction of sp³-hybridized carbons (Fsp3) is 0.588. The molecule has 3 N–H and O–H groups in total. The molecule has 3 atom stereocenters. The van der Waals surface area contributed by atoms with Crippen LogP contribution in [0.25, 0.3) is 0 Å². The second kappa shape index (κ2) is 11.6. The topological polar surface area (TPSA) is 64.4 Å². The van der Waals surface area contributed by atoms with Crippen LogP contribution in [0.4, 0.5) is 0 Å². The summed E-state index contributed by atoms with van der Waals surface area (Å²) in [7, 11) is 1.68. The van der Waals surface area contributed by atoms with Crippen molar-refractivity contribution in [2.24, 2.45) is 17.6 Å². The molecule has 1 rings (SSSR count). The summed E-state index contributed by atoms with van der Waals surface area (Å²) in [5.74, 6) is 2.33. The lowest BCUT2D eigenvalue weighted by atomic mass is 9.99. The van der Waals surface area contributed by atoms with Gasteiger partial charge in [-0.05, 0) is 24.0 Å². The second-order valence-electron chi connectivity index (χ2n) is 5.72. The van der Waals surface area contributed by atoms with Crippen LogP contribution in [0.5, 0.6) is 5.75 Å². The van der Waals surface area contributed by atoms with Crippen molar-refractivity contribution >= 4 is 30.1 Å². The summed E-state index contributed by atoms with van der Waals surface area (Å²) in [6.45, 7) is 6.82. The van der Waals surface area contributed by atoms with Gasteiger partial charge in [0.05, 0.1) is 13.2 Å². The smallest absolute Gasteiger partial charge is 0.237 e. The Hall–Kier alpha value is -0.910. The minimum absolute atomic E-state index is 0. The molecule has 0 aliphatic carbocycles. The molecule has 0 bridgehead atoms. The van der Waals surface area contributed by atoms with Crippen molar-refractivity contribution in [2.75, 3.05) is 19.4 Å². The number of benzene rings is 1. The zero-order chi connectivity index (χ0) is 16.5. The maximum absolute atomic E-state index is 12.0. The Morgan fingerprint density at radius 2 is 2.00 bits per heavy atom. The Labute approximate surface area is 150 Å². The lowest BCUT2D eigenvalue weighted by molar-refractivity contribution is -0.123. The van der Waals surface area contributed by atoms with E-state index in [1.165, 1.54) is 0 Å². The van der Waals surface area contributed by atoms with Gasteiger partial charge in [0.2, 0.25) is 5.91 Å². The number of ether oxygens (including phenoxy) is 1. The number of hydrogen-bond acceptors (Lipinski definition) is 4. The molecule has 1 aromatic carbocycles. The van der Waals surface area contributed by atoms with Gasteiger partial charge in [-0.2, -0.15) is 0 Å². The van der Waals surface area contributed by atoms with E-state index in [2.05, 4.69) is 12.2 Å². The van der Waals surface area contributed by atoms with Crippen molar-refractivity contribution in [1.82, 2.24) is 5.32 Å². The highest BCUT2D eigenvalue weighted by atomic mass is 35.5. The van der Waals surface area contributed by atoms with E-state index in [4.69, 9.17) is 10.5 Å².